The Morgan fingerprint density at radius 3 is 2.57 bits per heavy atom. The van der Waals surface area contributed by atoms with Gasteiger partial charge in [-0.05, 0) is 30.2 Å². The zero-order valence-corrected chi connectivity index (χ0v) is 15.8. The first-order chi connectivity index (χ1) is 11.0. The molecule has 1 spiro atoms. The molecule has 1 heterocycles. The first-order valence-corrected chi connectivity index (χ1v) is 12.8. The van der Waals surface area contributed by atoms with Gasteiger partial charge < -0.3 is 0 Å². The molecule has 2 heteroatoms. The Bertz CT molecular complexity index is 635. The van der Waals surface area contributed by atoms with Crippen molar-refractivity contribution in [2.45, 2.75) is 69.9 Å². The third-order valence-corrected chi connectivity index (χ3v) is 7.07. The lowest BCUT2D eigenvalue weighted by Gasteiger charge is -2.49. The SMILES string of the molecule is C[Si](C)(C)C#C[C@H]1N(Cc2ccccc2)[C@@]12C[C@@H]1CCCC[C@@H]12. The van der Waals surface area contributed by atoms with E-state index in [9.17, 15) is 0 Å². The third-order valence-electron chi connectivity index (χ3n) is 6.17. The molecule has 0 bridgehead atoms. The van der Waals surface area contributed by atoms with Gasteiger partial charge in [-0.15, -0.1) is 5.54 Å². The topological polar surface area (TPSA) is 3.01 Å². The van der Waals surface area contributed by atoms with Crippen molar-refractivity contribution < 1.29 is 0 Å². The predicted octanol–water partition coefficient (Wildman–Crippen LogP) is 4.70. The fourth-order valence-electron chi connectivity index (χ4n) is 5.08. The average molecular weight is 324 g/mol. The van der Waals surface area contributed by atoms with E-state index in [1.165, 1.54) is 37.7 Å². The lowest BCUT2D eigenvalue weighted by Crippen LogP contribution is -2.49. The molecular weight excluding hydrogens is 294 g/mol. The second kappa shape index (κ2) is 5.50. The van der Waals surface area contributed by atoms with Gasteiger partial charge in [0.1, 0.15) is 8.07 Å². The van der Waals surface area contributed by atoms with E-state index in [0.717, 1.165) is 18.4 Å². The number of hydrogen-bond acceptors (Lipinski definition) is 1. The number of hydrogen-bond donors (Lipinski definition) is 0. The van der Waals surface area contributed by atoms with Crippen LogP contribution < -0.4 is 0 Å². The molecule has 1 nitrogen and oxygen atoms in total. The molecular formula is C21H29NSi. The zero-order valence-electron chi connectivity index (χ0n) is 14.8. The molecule has 0 N–H and O–H groups in total. The standard InChI is InChI=1S/C21H29NSi/c1-23(2,3)14-13-20-21(15-18-11-7-8-12-19(18)21)22(20)16-17-9-5-4-6-10-17/h4-6,9-10,18-20H,7-8,11-12,15-16H2,1-3H3/t18-,19-,20+,21+,22?/m0/s1. The highest BCUT2D eigenvalue weighted by molar-refractivity contribution is 6.83. The normalized spacial score (nSPS) is 38.2. The molecule has 1 aliphatic heterocycles. The summed E-state index contributed by atoms with van der Waals surface area (Å²) < 4.78 is 0. The first kappa shape index (κ1) is 15.5. The van der Waals surface area contributed by atoms with Crippen LogP contribution in [0.2, 0.25) is 19.6 Å². The van der Waals surface area contributed by atoms with Crippen molar-refractivity contribution in [1.29, 1.82) is 0 Å². The van der Waals surface area contributed by atoms with Gasteiger partial charge in [0.15, 0.2) is 0 Å². The van der Waals surface area contributed by atoms with E-state index in [1.807, 2.05) is 0 Å². The van der Waals surface area contributed by atoms with Gasteiger partial charge in [-0.1, -0.05) is 75.2 Å². The Morgan fingerprint density at radius 1 is 1.13 bits per heavy atom. The minimum Gasteiger partial charge on any atom is -0.275 e. The van der Waals surface area contributed by atoms with Crippen molar-refractivity contribution in [1.82, 2.24) is 4.90 Å². The van der Waals surface area contributed by atoms with Gasteiger partial charge >= 0.3 is 0 Å². The fraction of sp³-hybridized carbons (Fsp3) is 0.619. The minimum absolute atomic E-state index is 0.452. The molecule has 122 valence electrons. The van der Waals surface area contributed by atoms with Crippen LogP contribution >= 0.6 is 0 Å². The predicted molar refractivity (Wildman–Crippen MR) is 99.7 cm³/mol. The molecule has 23 heavy (non-hydrogen) atoms. The third kappa shape index (κ3) is 2.69. The van der Waals surface area contributed by atoms with Crippen molar-refractivity contribution in [3.05, 3.63) is 35.9 Å². The summed E-state index contributed by atoms with van der Waals surface area (Å²) in [4.78, 5) is 2.74. The molecule has 3 aliphatic rings. The Labute approximate surface area is 142 Å². The molecule has 3 fully saturated rings. The van der Waals surface area contributed by atoms with Crippen LogP contribution in [0.25, 0.3) is 0 Å². The van der Waals surface area contributed by atoms with E-state index in [-0.39, 0.29) is 0 Å². The van der Waals surface area contributed by atoms with Crippen LogP contribution in [0.3, 0.4) is 0 Å². The summed E-state index contributed by atoms with van der Waals surface area (Å²) in [7, 11) is -1.28. The summed E-state index contributed by atoms with van der Waals surface area (Å²) in [6.45, 7) is 8.18. The van der Waals surface area contributed by atoms with E-state index >= 15 is 0 Å². The second-order valence-electron chi connectivity index (χ2n) is 8.88. The van der Waals surface area contributed by atoms with E-state index in [2.05, 4.69) is 66.3 Å². The zero-order chi connectivity index (χ0) is 16.1. The van der Waals surface area contributed by atoms with Gasteiger partial charge in [0.2, 0.25) is 0 Å². The maximum Gasteiger partial charge on any atom is 0.129 e. The van der Waals surface area contributed by atoms with E-state index < -0.39 is 8.07 Å². The molecule has 2 aliphatic carbocycles. The highest BCUT2D eigenvalue weighted by Gasteiger charge is 2.73. The Hall–Kier alpha value is -1.04. The van der Waals surface area contributed by atoms with Crippen molar-refractivity contribution >= 4 is 8.07 Å². The summed E-state index contributed by atoms with van der Waals surface area (Å²) >= 11 is 0. The van der Waals surface area contributed by atoms with Crippen LogP contribution in [0.4, 0.5) is 0 Å². The van der Waals surface area contributed by atoms with Crippen molar-refractivity contribution in [3.8, 4) is 11.5 Å². The first-order valence-electron chi connectivity index (χ1n) is 9.34. The molecule has 0 aromatic heterocycles. The monoisotopic (exact) mass is 323 g/mol. The Balaban J connectivity index is 1.56. The molecule has 1 saturated heterocycles. The molecule has 5 atom stereocenters. The summed E-state index contributed by atoms with van der Waals surface area (Å²) in [5.41, 5.74) is 5.57. The van der Waals surface area contributed by atoms with Gasteiger partial charge in [0.25, 0.3) is 0 Å². The molecule has 2 saturated carbocycles. The van der Waals surface area contributed by atoms with E-state index in [0.29, 0.717) is 11.6 Å². The van der Waals surface area contributed by atoms with Gasteiger partial charge in [-0.2, -0.15) is 0 Å². The van der Waals surface area contributed by atoms with Gasteiger partial charge in [-0.25, -0.2) is 0 Å². The van der Waals surface area contributed by atoms with Crippen LogP contribution in [0, 0.1) is 23.3 Å². The summed E-state index contributed by atoms with van der Waals surface area (Å²) in [6, 6.07) is 11.5. The van der Waals surface area contributed by atoms with Crippen molar-refractivity contribution in [2.24, 2.45) is 11.8 Å². The van der Waals surface area contributed by atoms with Crippen LogP contribution in [-0.2, 0) is 6.54 Å². The number of benzene rings is 1. The quantitative estimate of drug-likeness (QED) is 0.433. The number of nitrogens with zero attached hydrogens (tertiary/aromatic N) is 1. The molecule has 0 amide bonds. The molecule has 1 unspecified atom stereocenters. The van der Waals surface area contributed by atoms with E-state index in [4.69, 9.17) is 0 Å². The second-order valence-corrected chi connectivity index (χ2v) is 13.6. The maximum atomic E-state index is 3.73. The van der Waals surface area contributed by atoms with Gasteiger partial charge in [0, 0.05) is 6.54 Å². The summed E-state index contributed by atoms with van der Waals surface area (Å²) in [5, 5.41) is 0. The molecule has 1 aromatic rings. The highest BCUT2D eigenvalue weighted by atomic mass is 28.3. The smallest absolute Gasteiger partial charge is 0.129 e. The molecule has 1 aromatic carbocycles. The number of fused-ring (bicyclic) bond motifs is 2. The Morgan fingerprint density at radius 2 is 1.87 bits per heavy atom. The summed E-state index contributed by atoms with van der Waals surface area (Å²) in [5.74, 6) is 5.66. The minimum atomic E-state index is -1.28. The van der Waals surface area contributed by atoms with Crippen LogP contribution in [-0.4, -0.2) is 24.6 Å². The fourth-order valence-corrected chi connectivity index (χ4v) is 5.65. The lowest BCUT2D eigenvalue weighted by atomic mass is 9.56. The van der Waals surface area contributed by atoms with Gasteiger partial charge in [0.05, 0.1) is 11.6 Å². The molecule has 4 rings (SSSR count). The van der Waals surface area contributed by atoms with E-state index in [1.54, 1.807) is 0 Å². The van der Waals surface area contributed by atoms with Crippen LogP contribution in [0.15, 0.2) is 30.3 Å². The highest BCUT2D eigenvalue weighted by Crippen LogP contribution is 2.66. The van der Waals surface area contributed by atoms with Gasteiger partial charge in [-0.3, -0.25) is 4.90 Å². The average Bonchev–Trinajstić information content (AvgIpc) is 3.14. The van der Waals surface area contributed by atoms with Crippen molar-refractivity contribution in [2.75, 3.05) is 0 Å². The summed E-state index contributed by atoms with van der Waals surface area (Å²) in [6.07, 6.45) is 7.23. The van der Waals surface area contributed by atoms with Crippen molar-refractivity contribution in [3.63, 3.8) is 0 Å². The van der Waals surface area contributed by atoms with Crippen LogP contribution in [0.5, 0.6) is 0 Å². The Kier molecular flexibility index (Phi) is 3.70. The lowest BCUT2D eigenvalue weighted by molar-refractivity contribution is 0.0270. The molecule has 0 radical (unpaired) electrons. The number of rotatable bonds is 2. The maximum absolute atomic E-state index is 3.73. The van der Waals surface area contributed by atoms with Crippen LogP contribution in [0.1, 0.15) is 37.7 Å². The largest absolute Gasteiger partial charge is 0.275 e.